The predicted molar refractivity (Wildman–Crippen MR) is 111 cm³/mol. The van der Waals surface area contributed by atoms with E-state index in [1.54, 1.807) is 25.0 Å². The Kier molecular flexibility index (Phi) is 32.8. The maximum absolute atomic E-state index is 5.47. The third kappa shape index (κ3) is 27.7. The molecule has 0 radical (unpaired) electrons. The topological polar surface area (TPSA) is 60.3 Å². The van der Waals surface area contributed by atoms with E-state index in [2.05, 4.69) is 5.32 Å². The third-order valence-corrected chi connectivity index (χ3v) is 5.61. The SMILES string of the molecule is COCCCSCC[N-]CCSSOCCCOCCOCCOC.[W]. The maximum atomic E-state index is 5.47. The van der Waals surface area contributed by atoms with Crippen LogP contribution in [0.1, 0.15) is 12.8 Å². The first-order valence-electron chi connectivity index (χ1n) is 8.67. The molecule has 0 aromatic heterocycles. The van der Waals surface area contributed by atoms with E-state index in [1.165, 1.54) is 11.1 Å². The molecule has 0 heterocycles. The molecule has 0 aliphatic heterocycles. The van der Waals surface area contributed by atoms with E-state index in [0.29, 0.717) is 39.6 Å². The molecule has 0 amide bonds. The number of thioether (sulfide) groups is 1. The molecule has 0 bridgehead atoms. The second-order valence-corrected chi connectivity index (χ2v) is 8.27. The molecular weight excluding hydrogens is 566 g/mol. The van der Waals surface area contributed by atoms with Gasteiger partial charge >= 0.3 is 0 Å². The monoisotopic (exact) mass is 600 g/mol. The van der Waals surface area contributed by atoms with Crippen molar-refractivity contribution in [1.29, 1.82) is 0 Å². The van der Waals surface area contributed by atoms with Crippen LogP contribution in [0.2, 0.25) is 0 Å². The first-order chi connectivity index (χ1) is 12.4. The van der Waals surface area contributed by atoms with E-state index >= 15 is 0 Å². The largest absolute Gasteiger partial charge is 0.661 e. The normalized spacial score (nSPS) is 10.8. The summed E-state index contributed by atoms with van der Waals surface area (Å²) in [7, 11) is 5.12. The summed E-state index contributed by atoms with van der Waals surface area (Å²) in [4.78, 5) is 0. The maximum Gasteiger partial charge on any atom is 0.0701 e. The fraction of sp³-hybridized carbons (Fsp3) is 1.00. The summed E-state index contributed by atoms with van der Waals surface area (Å²) in [6.07, 6.45) is 2.02. The molecule has 0 aliphatic carbocycles. The number of ether oxygens (including phenoxy) is 4. The zero-order chi connectivity index (χ0) is 18.3. The average Bonchev–Trinajstić information content (AvgIpc) is 2.63. The van der Waals surface area contributed by atoms with Gasteiger partial charge in [0, 0.05) is 48.5 Å². The van der Waals surface area contributed by atoms with E-state index in [0.717, 1.165) is 49.8 Å². The summed E-state index contributed by atoms with van der Waals surface area (Å²) < 4.78 is 26.1. The van der Waals surface area contributed by atoms with Gasteiger partial charge in [-0.05, 0) is 30.1 Å². The Balaban J connectivity index is 0. The second kappa shape index (κ2) is 28.7. The molecule has 0 rings (SSSR count). The fourth-order valence-corrected chi connectivity index (χ4v) is 3.68. The van der Waals surface area contributed by atoms with Crippen molar-refractivity contribution in [2.75, 3.05) is 90.8 Å². The molecule has 0 N–H and O–H groups in total. The first kappa shape index (κ1) is 29.7. The van der Waals surface area contributed by atoms with Gasteiger partial charge < -0.3 is 28.4 Å². The Hall–Kier alpha value is 1.50. The van der Waals surface area contributed by atoms with E-state index in [4.69, 9.17) is 23.1 Å². The van der Waals surface area contributed by atoms with Gasteiger partial charge in [-0.25, -0.2) is 0 Å². The van der Waals surface area contributed by atoms with E-state index in [-0.39, 0.29) is 21.1 Å². The molecule has 0 fully saturated rings. The number of nitrogens with zero attached hydrogens (tertiary/aromatic N) is 1. The summed E-state index contributed by atoms with van der Waals surface area (Å²) in [6.45, 7) is 6.59. The molecule has 0 aromatic carbocycles. The number of hydrogen-bond acceptors (Lipinski definition) is 8. The van der Waals surface area contributed by atoms with Gasteiger partial charge in [-0.1, -0.05) is 10.8 Å². The van der Waals surface area contributed by atoms with Crippen LogP contribution in [0.3, 0.4) is 0 Å². The summed E-state index contributed by atoms with van der Waals surface area (Å²) in [5.74, 6) is 3.26. The van der Waals surface area contributed by atoms with Crippen molar-refractivity contribution >= 4 is 33.6 Å². The van der Waals surface area contributed by atoms with Crippen molar-refractivity contribution in [2.24, 2.45) is 0 Å². The molecule has 10 heteroatoms. The Morgan fingerprint density at radius 3 is 2.15 bits per heavy atom. The Bertz CT molecular complexity index is 228. The minimum Gasteiger partial charge on any atom is -0.661 e. The van der Waals surface area contributed by atoms with Crippen molar-refractivity contribution in [2.45, 2.75) is 12.8 Å². The molecule has 158 valence electrons. The van der Waals surface area contributed by atoms with Gasteiger partial charge in [0.25, 0.3) is 0 Å². The summed E-state index contributed by atoms with van der Waals surface area (Å²) >= 11 is 3.40. The molecule has 0 spiro atoms. The van der Waals surface area contributed by atoms with Crippen molar-refractivity contribution in [3.05, 3.63) is 5.32 Å². The Morgan fingerprint density at radius 2 is 1.38 bits per heavy atom. The zero-order valence-electron chi connectivity index (χ0n) is 16.0. The van der Waals surface area contributed by atoms with Crippen molar-refractivity contribution in [1.82, 2.24) is 0 Å². The van der Waals surface area contributed by atoms with Crippen LogP contribution in [0, 0.1) is 0 Å². The van der Waals surface area contributed by atoms with Crippen molar-refractivity contribution in [3.63, 3.8) is 0 Å². The van der Waals surface area contributed by atoms with Crippen LogP contribution in [0.4, 0.5) is 0 Å². The van der Waals surface area contributed by atoms with Crippen LogP contribution < -0.4 is 0 Å². The van der Waals surface area contributed by atoms with Gasteiger partial charge in [0.1, 0.15) is 0 Å². The molecule has 0 aromatic rings. The number of hydrogen-bond donors (Lipinski definition) is 0. The molecule has 0 unspecified atom stereocenters. The number of methoxy groups -OCH3 is 2. The Morgan fingerprint density at radius 1 is 0.692 bits per heavy atom. The predicted octanol–water partition coefficient (Wildman–Crippen LogP) is 3.51. The molecule has 6 nitrogen and oxygen atoms in total. The minimum atomic E-state index is 0. The average molecular weight is 600 g/mol. The third-order valence-electron chi connectivity index (χ3n) is 2.78. The number of rotatable bonds is 22. The molecule has 0 aliphatic rings. The standard InChI is InChI=1S/C16H34NO5S3.W/c1-18-7-4-14-23-15-5-17-6-16-24-25-22-9-3-8-20-12-13-21-11-10-19-2;/h3-16H2,1-2H3;/q-1;. The second-order valence-electron chi connectivity index (χ2n) is 4.91. The smallest absolute Gasteiger partial charge is 0.0701 e. The summed E-state index contributed by atoms with van der Waals surface area (Å²) in [5, 5.41) is 4.50. The van der Waals surface area contributed by atoms with Gasteiger partial charge in [-0.2, -0.15) is 11.8 Å². The molecule has 26 heavy (non-hydrogen) atoms. The summed E-state index contributed by atoms with van der Waals surface area (Å²) in [5.41, 5.74) is 0. The van der Waals surface area contributed by atoms with Crippen molar-refractivity contribution < 1.29 is 44.2 Å². The fourth-order valence-electron chi connectivity index (χ4n) is 1.54. The van der Waals surface area contributed by atoms with Crippen LogP contribution in [0.25, 0.3) is 5.32 Å². The van der Waals surface area contributed by atoms with Gasteiger partial charge in [0.15, 0.2) is 0 Å². The van der Waals surface area contributed by atoms with Crippen LogP contribution in [0.15, 0.2) is 0 Å². The first-order valence-corrected chi connectivity index (χ1v) is 12.1. The Labute approximate surface area is 186 Å². The zero-order valence-corrected chi connectivity index (χ0v) is 21.4. The van der Waals surface area contributed by atoms with Crippen LogP contribution in [0.5, 0.6) is 0 Å². The van der Waals surface area contributed by atoms with Crippen LogP contribution >= 0.6 is 33.6 Å². The molecule has 0 atom stereocenters. The molecular formula is C16H34NO5S3W-. The minimum absolute atomic E-state index is 0. The van der Waals surface area contributed by atoms with Gasteiger partial charge in [-0.15, -0.1) is 13.1 Å². The summed E-state index contributed by atoms with van der Waals surface area (Å²) in [6, 6.07) is 0. The van der Waals surface area contributed by atoms with Crippen LogP contribution in [-0.4, -0.2) is 90.8 Å². The van der Waals surface area contributed by atoms with Gasteiger partial charge in [-0.3, -0.25) is 0 Å². The van der Waals surface area contributed by atoms with Gasteiger partial charge in [0.2, 0.25) is 0 Å². The quantitative estimate of drug-likeness (QED) is 0.106. The molecule has 0 saturated heterocycles. The van der Waals surface area contributed by atoms with E-state index < -0.39 is 0 Å². The molecule has 0 saturated carbocycles. The van der Waals surface area contributed by atoms with E-state index in [1.807, 2.05) is 11.8 Å². The van der Waals surface area contributed by atoms with Crippen molar-refractivity contribution in [3.8, 4) is 0 Å². The van der Waals surface area contributed by atoms with Crippen LogP contribution in [-0.2, 0) is 44.2 Å². The van der Waals surface area contributed by atoms with E-state index in [9.17, 15) is 0 Å². The van der Waals surface area contributed by atoms with Gasteiger partial charge in [0.05, 0.1) is 44.1 Å².